The first-order valence-corrected chi connectivity index (χ1v) is 6.35. The molecule has 3 heteroatoms. The fraction of sp³-hybridized carbons (Fsp3) is 0.312. The molecule has 1 heterocycles. The predicted octanol–water partition coefficient (Wildman–Crippen LogP) is 4.13. The van der Waals surface area contributed by atoms with Crippen LogP contribution in [0.15, 0.2) is 42.5 Å². The molecule has 0 aliphatic heterocycles. The van der Waals surface area contributed by atoms with Gasteiger partial charge in [-0.05, 0) is 31.5 Å². The number of methoxy groups -OCH3 is 1. The first-order chi connectivity index (χ1) is 9.13. The van der Waals surface area contributed by atoms with E-state index in [9.17, 15) is 0 Å². The summed E-state index contributed by atoms with van der Waals surface area (Å²) in [5.74, 6) is 1.04. The van der Waals surface area contributed by atoms with Gasteiger partial charge in [0.2, 0.25) is 5.88 Å². The minimum atomic E-state index is 0.368. The molecule has 19 heavy (non-hydrogen) atoms. The summed E-state index contributed by atoms with van der Waals surface area (Å²) in [5, 5.41) is 8.92. The molecule has 0 fully saturated rings. The molecule has 1 aromatic heterocycles. The molecule has 1 N–H and O–H groups in total. The van der Waals surface area contributed by atoms with Crippen LogP contribution >= 0.6 is 0 Å². The highest BCUT2D eigenvalue weighted by molar-refractivity contribution is 5.29. The third-order valence-electron chi connectivity index (χ3n) is 2.19. The van der Waals surface area contributed by atoms with Gasteiger partial charge in [0.1, 0.15) is 5.75 Å². The average molecular weight is 261 g/mol. The zero-order chi connectivity index (χ0) is 14.7. The van der Waals surface area contributed by atoms with Crippen LogP contribution in [0.3, 0.4) is 0 Å². The summed E-state index contributed by atoms with van der Waals surface area (Å²) < 4.78 is 4.88. The van der Waals surface area contributed by atoms with Crippen LogP contribution in [-0.4, -0.2) is 17.2 Å². The van der Waals surface area contributed by atoms with Crippen molar-refractivity contribution in [1.29, 1.82) is 0 Å². The van der Waals surface area contributed by atoms with Gasteiger partial charge in [0.25, 0.3) is 0 Å². The van der Waals surface area contributed by atoms with E-state index in [1.165, 1.54) is 0 Å². The number of rotatable bonds is 1. The zero-order valence-electron chi connectivity index (χ0n) is 12.3. The van der Waals surface area contributed by atoms with Crippen molar-refractivity contribution in [3.05, 3.63) is 53.7 Å². The van der Waals surface area contributed by atoms with Crippen LogP contribution in [0, 0.1) is 13.8 Å². The molecule has 3 nitrogen and oxygen atoms in total. The first-order valence-electron chi connectivity index (χ1n) is 6.35. The third kappa shape index (κ3) is 7.09. The number of ether oxygens (including phenoxy) is 1. The van der Waals surface area contributed by atoms with Crippen molar-refractivity contribution in [3.63, 3.8) is 0 Å². The molecule has 0 aliphatic rings. The van der Waals surface area contributed by atoms with Crippen molar-refractivity contribution in [2.45, 2.75) is 27.7 Å². The van der Waals surface area contributed by atoms with Gasteiger partial charge in [-0.1, -0.05) is 38.1 Å². The smallest absolute Gasteiger partial charge is 0.213 e. The number of aromatic nitrogens is 1. The zero-order valence-corrected chi connectivity index (χ0v) is 12.3. The van der Waals surface area contributed by atoms with Crippen molar-refractivity contribution in [3.8, 4) is 11.6 Å². The Balaban J connectivity index is 0.000000303. The van der Waals surface area contributed by atoms with Crippen molar-refractivity contribution >= 4 is 0 Å². The Morgan fingerprint density at radius 1 is 0.947 bits per heavy atom. The van der Waals surface area contributed by atoms with Crippen LogP contribution < -0.4 is 4.74 Å². The molecule has 0 atom stereocenters. The van der Waals surface area contributed by atoms with E-state index in [2.05, 4.69) is 4.98 Å². The van der Waals surface area contributed by atoms with E-state index in [1.54, 1.807) is 13.2 Å². The highest BCUT2D eigenvalue weighted by Gasteiger charge is 1.88. The second kappa shape index (κ2) is 9.95. The lowest BCUT2D eigenvalue weighted by Gasteiger charge is -1.96. The van der Waals surface area contributed by atoms with Crippen LogP contribution in [0.5, 0.6) is 11.6 Å². The molecule has 1 aromatic carbocycles. The van der Waals surface area contributed by atoms with E-state index < -0.39 is 0 Å². The van der Waals surface area contributed by atoms with Crippen LogP contribution in [0.4, 0.5) is 0 Å². The second-order valence-corrected chi connectivity index (χ2v) is 3.61. The molecule has 0 saturated heterocycles. The number of hydrogen-bond donors (Lipinski definition) is 1. The van der Waals surface area contributed by atoms with Gasteiger partial charge in [0, 0.05) is 11.8 Å². The van der Waals surface area contributed by atoms with Gasteiger partial charge < -0.3 is 9.84 Å². The Hall–Kier alpha value is -2.03. The molecule has 104 valence electrons. The lowest BCUT2D eigenvalue weighted by atomic mass is 10.2. The predicted molar refractivity (Wildman–Crippen MR) is 79.7 cm³/mol. The molecule has 0 saturated carbocycles. The Kier molecular flexibility index (Phi) is 8.88. The van der Waals surface area contributed by atoms with Gasteiger partial charge in [-0.25, -0.2) is 4.98 Å². The van der Waals surface area contributed by atoms with Gasteiger partial charge in [-0.2, -0.15) is 0 Å². The van der Waals surface area contributed by atoms with Gasteiger partial charge in [0.15, 0.2) is 0 Å². The number of hydrogen-bond acceptors (Lipinski definition) is 3. The van der Waals surface area contributed by atoms with Crippen LogP contribution in [0.25, 0.3) is 0 Å². The van der Waals surface area contributed by atoms with E-state index in [0.717, 1.165) is 11.3 Å². The number of pyridine rings is 1. The topological polar surface area (TPSA) is 42.4 Å². The number of phenolic OH excluding ortho intramolecular Hbond substituents is 1. The highest BCUT2D eigenvalue weighted by atomic mass is 16.5. The summed E-state index contributed by atoms with van der Waals surface area (Å²) in [7, 11) is 1.61. The first kappa shape index (κ1) is 17.0. The Bertz CT molecular complexity index is 449. The van der Waals surface area contributed by atoms with Crippen LogP contribution in [0.1, 0.15) is 25.1 Å². The second-order valence-electron chi connectivity index (χ2n) is 3.61. The summed E-state index contributed by atoms with van der Waals surface area (Å²) >= 11 is 0. The standard InChI is InChI=1S/C7H9NO.C7H8O.C2H6/c1-6-4-3-5-7(8-6)9-2;1-6-4-2-3-5-7(6)8;1-2/h3-5H,1-2H3;2-5,8H,1H3;1-2H3. The third-order valence-corrected chi connectivity index (χ3v) is 2.19. The summed E-state index contributed by atoms with van der Waals surface area (Å²) in [5.41, 5.74) is 1.90. The normalized spacial score (nSPS) is 8.47. The number of para-hydroxylation sites is 1. The summed E-state index contributed by atoms with van der Waals surface area (Å²) in [6.07, 6.45) is 0. The number of aryl methyl sites for hydroxylation is 2. The summed E-state index contributed by atoms with van der Waals surface area (Å²) in [4.78, 5) is 4.07. The van der Waals surface area contributed by atoms with Crippen LogP contribution in [-0.2, 0) is 0 Å². The van der Waals surface area contributed by atoms with Gasteiger partial charge >= 0.3 is 0 Å². The fourth-order valence-electron chi connectivity index (χ4n) is 1.20. The lowest BCUT2D eigenvalue weighted by Crippen LogP contribution is -1.87. The quantitative estimate of drug-likeness (QED) is 0.839. The van der Waals surface area contributed by atoms with E-state index in [4.69, 9.17) is 9.84 Å². The van der Waals surface area contributed by atoms with E-state index in [0.29, 0.717) is 11.6 Å². The lowest BCUT2D eigenvalue weighted by molar-refractivity contribution is 0.397. The van der Waals surface area contributed by atoms with Crippen molar-refractivity contribution in [1.82, 2.24) is 4.98 Å². The number of phenols is 1. The van der Waals surface area contributed by atoms with Gasteiger partial charge in [-0.15, -0.1) is 0 Å². The molecule has 0 unspecified atom stereocenters. The molecule has 0 aliphatic carbocycles. The van der Waals surface area contributed by atoms with Gasteiger partial charge in [0.05, 0.1) is 7.11 Å². The maximum absolute atomic E-state index is 8.92. The molecule has 0 radical (unpaired) electrons. The molecule has 0 amide bonds. The van der Waals surface area contributed by atoms with Crippen molar-refractivity contribution in [2.24, 2.45) is 0 Å². The average Bonchev–Trinajstić information content (AvgIpc) is 2.45. The van der Waals surface area contributed by atoms with E-state index in [-0.39, 0.29) is 0 Å². The molecule has 2 rings (SSSR count). The molecule has 0 spiro atoms. The minimum Gasteiger partial charge on any atom is -0.508 e. The van der Waals surface area contributed by atoms with E-state index in [1.807, 2.05) is 64.1 Å². The summed E-state index contributed by atoms with van der Waals surface area (Å²) in [6, 6.07) is 12.9. The highest BCUT2D eigenvalue weighted by Crippen LogP contribution is 2.12. The number of benzene rings is 1. The van der Waals surface area contributed by atoms with E-state index >= 15 is 0 Å². The summed E-state index contributed by atoms with van der Waals surface area (Å²) in [6.45, 7) is 7.80. The molecular weight excluding hydrogens is 238 g/mol. The maximum Gasteiger partial charge on any atom is 0.213 e. The number of aromatic hydroxyl groups is 1. The largest absolute Gasteiger partial charge is 0.508 e. The molecular formula is C16H23NO2. The fourth-order valence-corrected chi connectivity index (χ4v) is 1.20. The van der Waals surface area contributed by atoms with Crippen molar-refractivity contribution < 1.29 is 9.84 Å². The SMILES string of the molecule is CC.COc1cccc(C)n1.Cc1ccccc1O. The van der Waals surface area contributed by atoms with Crippen molar-refractivity contribution in [2.75, 3.05) is 7.11 Å². The Labute approximate surface area is 115 Å². The number of nitrogens with zero attached hydrogens (tertiary/aromatic N) is 1. The molecule has 2 aromatic rings. The molecule has 0 bridgehead atoms. The van der Waals surface area contributed by atoms with Crippen LogP contribution in [0.2, 0.25) is 0 Å². The monoisotopic (exact) mass is 261 g/mol. The minimum absolute atomic E-state index is 0.368. The van der Waals surface area contributed by atoms with Gasteiger partial charge in [-0.3, -0.25) is 0 Å². The Morgan fingerprint density at radius 3 is 1.95 bits per heavy atom. The Morgan fingerprint density at radius 2 is 1.58 bits per heavy atom. The maximum atomic E-state index is 8.92.